The highest BCUT2D eigenvalue weighted by Crippen LogP contribution is 2.23. The number of rotatable bonds is 5. The number of nitrogens with one attached hydrogen (secondary N) is 1. The first-order valence-electron chi connectivity index (χ1n) is 9.41. The van der Waals surface area contributed by atoms with Crippen molar-refractivity contribution < 1.29 is 19.1 Å². The Kier molecular flexibility index (Phi) is 6.28. The van der Waals surface area contributed by atoms with Crippen molar-refractivity contribution in [2.45, 2.75) is 19.8 Å². The molecular weight excluding hydrogens is 348 g/mol. The highest BCUT2D eigenvalue weighted by Gasteiger charge is 2.23. The molecule has 2 heterocycles. The summed E-state index contributed by atoms with van der Waals surface area (Å²) in [5.41, 5.74) is 1.58. The molecule has 2 aliphatic rings. The predicted molar refractivity (Wildman–Crippen MR) is 102 cm³/mol. The second-order valence-corrected chi connectivity index (χ2v) is 6.71. The maximum Gasteiger partial charge on any atom is 0.409 e. The second kappa shape index (κ2) is 8.85. The highest BCUT2D eigenvalue weighted by molar-refractivity contribution is 5.96. The molecule has 1 aromatic rings. The average Bonchev–Trinajstić information content (AvgIpc) is 3.09. The quantitative estimate of drug-likeness (QED) is 0.845. The van der Waals surface area contributed by atoms with E-state index in [4.69, 9.17) is 4.74 Å². The number of ether oxygens (including phenoxy) is 1. The molecule has 3 rings (SSSR count). The first-order valence-corrected chi connectivity index (χ1v) is 9.41. The molecule has 27 heavy (non-hydrogen) atoms. The SMILES string of the molecule is CCOC(=O)N1CCN(CC(=O)Nc2ccc(N3CCCC3=O)cc2)CC1. The molecule has 0 saturated carbocycles. The third-order valence-electron chi connectivity index (χ3n) is 4.80. The summed E-state index contributed by atoms with van der Waals surface area (Å²) in [6, 6.07) is 7.35. The largest absolute Gasteiger partial charge is 0.450 e. The van der Waals surface area contributed by atoms with E-state index in [-0.39, 0.29) is 24.5 Å². The molecular formula is C19H26N4O4. The standard InChI is InChI=1S/C19H26N4O4/c1-2-27-19(26)22-12-10-21(11-13-22)14-17(24)20-15-5-7-16(8-6-15)23-9-3-4-18(23)25/h5-8H,2-4,9-14H2,1H3,(H,20,24). The van der Waals surface area contributed by atoms with Gasteiger partial charge in [-0.05, 0) is 37.6 Å². The number of amides is 3. The van der Waals surface area contributed by atoms with E-state index in [1.807, 2.05) is 29.2 Å². The monoisotopic (exact) mass is 374 g/mol. The van der Waals surface area contributed by atoms with Crippen LogP contribution in [0.1, 0.15) is 19.8 Å². The van der Waals surface area contributed by atoms with E-state index < -0.39 is 0 Å². The number of carbonyl (C=O) groups is 3. The molecule has 0 radical (unpaired) electrons. The van der Waals surface area contributed by atoms with Crippen molar-refractivity contribution in [3.05, 3.63) is 24.3 Å². The van der Waals surface area contributed by atoms with Crippen LogP contribution in [0.25, 0.3) is 0 Å². The molecule has 2 fully saturated rings. The summed E-state index contributed by atoms with van der Waals surface area (Å²) in [7, 11) is 0. The lowest BCUT2D eigenvalue weighted by atomic mass is 10.2. The molecule has 8 heteroatoms. The zero-order valence-electron chi connectivity index (χ0n) is 15.6. The van der Waals surface area contributed by atoms with Gasteiger partial charge in [-0.25, -0.2) is 4.79 Å². The Morgan fingerprint density at radius 2 is 1.78 bits per heavy atom. The summed E-state index contributed by atoms with van der Waals surface area (Å²) in [6.07, 6.45) is 1.20. The van der Waals surface area contributed by atoms with E-state index in [0.717, 1.165) is 18.7 Å². The number of hydrogen-bond donors (Lipinski definition) is 1. The summed E-state index contributed by atoms with van der Waals surface area (Å²) >= 11 is 0. The van der Waals surface area contributed by atoms with Crippen molar-refractivity contribution in [2.24, 2.45) is 0 Å². The lowest BCUT2D eigenvalue weighted by Crippen LogP contribution is -2.50. The summed E-state index contributed by atoms with van der Waals surface area (Å²) in [6.45, 7) is 5.59. The van der Waals surface area contributed by atoms with Crippen LogP contribution in [0.15, 0.2) is 24.3 Å². The fraction of sp³-hybridized carbons (Fsp3) is 0.526. The van der Waals surface area contributed by atoms with E-state index in [0.29, 0.717) is 44.9 Å². The number of carbonyl (C=O) groups excluding carboxylic acids is 3. The van der Waals surface area contributed by atoms with Gasteiger partial charge in [0.15, 0.2) is 0 Å². The van der Waals surface area contributed by atoms with E-state index in [1.165, 1.54) is 0 Å². The van der Waals surface area contributed by atoms with E-state index >= 15 is 0 Å². The predicted octanol–water partition coefficient (Wildman–Crippen LogP) is 1.53. The van der Waals surface area contributed by atoms with Gasteiger partial charge in [0.05, 0.1) is 13.2 Å². The highest BCUT2D eigenvalue weighted by atomic mass is 16.6. The van der Waals surface area contributed by atoms with Crippen LogP contribution in [0.3, 0.4) is 0 Å². The van der Waals surface area contributed by atoms with Crippen molar-refractivity contribution in [3.63, 3.8) is 0 Å². The lowest BCUT2D eigenvalue weighted by Gasteiger charge is -2.33. The molecule has 3 amide bonds. The Morgan fingerprint density at radius 1 is 1.07 bits per heavy atom. The van der Waals surface area contributed by atoms with Crippen LogP contribution in [0, 0.1) is 0 Å². The van der Waals surface area contributed by atoms with Crippen LogP contribution in [0.5, 0.6) is 0 Å². The van der Waals surface area contributed by atoms with E-state index in [9.17, 15) is 14.4 Å². The van der Waals surface area contributed by atoms with Crippen LogP contribution in [-0.4, -0.2) is 73.6 Å². The zero-order chi connectivity index (χ0) is 19.2. The molecule has 2 aliphatic heterocycles. The van der Waals surface area contributed by atoms with Gasteiger partial charge in [-0.15, -0.1) is 0 Å². The van der Waals surface area contributed by atoms with Crippen LogP contribution in [-0.2, 0) is 14.3 Å². The molecule has 0 spiro atoms. The Labute approximate surface area is 159 Å². The molecule has 2 saturated heterocycles. The topological polar surface area (TPSA) is 82.2 Å². The Morgan fingerprint density at radius 3 is 2.37 bits per heavy atom. The Balaban J connectivity index is 1.44. The minimum atomic E-state index is -0.293. The van der Waals surface area contributed by atoms with Crippen LogP contribution in [0.4, 0.5) is 16.2 Å². The fourth-order valence-electron chi connectivity index (χ4n) is 3.35. The fourth-order valence-corrected chi connectivity index (χ4v) is 3.35. The lowest BCUT2D eigenvalue weighted by molar-refractivity contribution is -0.118. The third kappa shape index (κ3) is 4.97. The van der Waals surface area contributed by atoms with Gasteiger partial charge in [-0.3, -0.25) is 14.5 Å². The van der Waals surface area contributed by atoms with Crippen molar-refractivity contribution in [1.82, 2.24) is 9.80 Å². The van der Waals surface area contributed by atoms with Crippen LogP contribution in [0.2, 0.25) is 0 Å². The zero-order valence-corrected chi connectivity index (χ0v) is 15.6. The van der Waals surface area contributed by atoms with Gasteiger partial charge in [-0.1, -0.05) is 0 Å². The summed E-state index contributed by atoms with van der Waals surface area (Å²) in [5, 5.41) is 2.88. The van der Waals surface area contributed by atoms with Gasteiger partial charge < -0.3 is 19.9 Å². The summed E-state index contributed by atoms with van der Waals surface area (Å²) in [4.78, 5) is 41.2. The van der Waals surface area contributed by atoms with Gasteiger partial charge >= 0.3 is 6.09 Å². The van der Waals surface area contributed by atoms with Crippen LogP contribution >= 0.6 is 0 Å². The van der Waals surface area contributed by atoms with Gasteiger partial charge in [0, 0.05) is 50.5 Å². The van der Waals surface area contributed by atoms with Gasteiger partial charge in [0.1, 0.15) is 0 Å². The Bertz CT molecular complexity index is 683. The number of nitrogens with zero attached hydrogens (tertiary/aromatic N) is 3. The smallest absolute Gasteiger partial charge is 0.409 e. The van der Waals surface area contributed by atoms with Crippen molar-refractivity contribution >= 4 is 29.3 Å². The number of hydrogen-bond acceptors (Lipinski definition) is 5. The van der Waals surface area contributed by atoms with Crippen molar-refractivity contribution in [2.75, 3.05) is 56.1 Å². The van der Waals surface area contributed by atoms with Crippen LogP contribution < -0.4 is 10.2 Å². The number of piperazine rings is 1. The minimum absolute atomic E-state index is 0.0930. The number of anilines is 2. The van der Waals surface area contributed by atoms with Gasteiger partial charge in [0.2, 0.25) is 11.8 Å². The molecule has 0 unspecified atom stereocenters. The normalized spacial score (nSPS) is 17.9. The molecule has 0 aliphatic carbocycles. The molecule has 1 N–H and O–H groups in total. The maximum absolute atomic E-state index is 12.3. The first-order chi connectivity index (χ1) is 13.1. The molecule has 0 atom stereocenters. The molecule has 146 valence electrons. The van der Waals surface area contributed by atoms with Crippen molar-refractivity contribution in [1.29, 1.82) is 0 Å². The minimum Gasteiger partial charge on any atom is -0.450 e. The Hall–Kier alpha value is -2.61. The van der Waals surface area contributed by atoms with Gasteiger partial charge in [-0.2, -0.15) is 0 Å². The van der Waals surface area contributed by atoms with Gasteiger partial charge in [0.25, 0.3) is 0 Å². The first kappa shape index (κ1) is 19.2. The number of benzene rings is 1. The molecule has 1 aromatic carbocycles. The average molecular weight is 374 g/mol. The van der Waals surface area contributed by atoms with Crippen molar-refractivity contribution in [3.8, 4) is 0 Å². The third-order valence-corrected chi connectivity index (χ3v) is 4.80. The summed E-state index contributed by atoms with van der Waals surface area (Å²) < 4.78 is 4.99. The molecule has 0 bridgehead atoms. The van der Waals surface area contributed by atoms with E-state index in [2.05, 4.69) is 5.32 Å². The molecule has 0 aromatic heterocycles. The summed E-state index contributed by atoms with van der Waals surface area (Å²) in [5.74, 6) is 0.0540. The second-order valence-electron chi connectivity index (χ2n) is 6.71. The van der Waals surface area contributed by atoms with E-state index in [1.54, 1.807) is 16.7 Å². The maximum atomic E-state index is 12.3. The molecule has 8 nitrogen and oxygen atoms in total.